The zero-order valence-corrected chi connectivity index (χ0v) is 18.9. The summed E-state index contributed by atoms with van der Waals surface area (Å²) in [6, 6.07) is 6.10. The molecule has 2 fully saturated rings. The van der Waals surface area contributed by atoms with Crippen LogP contribution >= 0.6 is 0 Å². The van der Waals surface area contributed by atoms with Gasteiger partial charge in [-0.25, -0.2) is 13.8 Å². The number of fused-ring (bicyclic) bond motifs is 1. The minimum absolute atomic E-state index is 0.00701. The number of carbonyl (C=O) groups is 1. The summed E-state index contributed by atoms with van der Waals surface area (Å²) in [4.78, 5) is 17.9. The minimum atomic E-state index is -5.03. The largest absolute Gasteiger partial charge is 0.421 e. The lowest BCUT2D eigenvalue weighted by Gasteiger charge is -2.40. The lowest BCUT2D eigenvalue weighted by molar-refractivity contribution is -0.138. The topological polar surface area (TPSA) is 74.0 Å². The summed E-state index contributed by atoms with van der Waals surface area (Å²) in [5.41, 5.74) is -3.65. The summed E-state index contributed by atoms with van der Waals surface area (Å²) in [5, 5.41) is 10.9. The van der Waals surface area contributed by atoms with Crippen molar-refractivity contribution in [2.75, 3.05) is 7.05 Å². The van der Waals surface area contributed by atoms with Crippen LogP contribution in [-0.2, 0) is 16.5 Å². The van der Waals surface area contributed by atoms with Crippen molar-refractivity contribution in [3.05, 3.63) is 58.9 Å². The Morgan fingerprint density at radius 3 is 2.49 bits per heavy atom. The predicted molar refractivity (Wildman–Crippen MR) is 118 cm³/mol. The van der Waals surface area contributed by atoms with E-state index in [4.69, 9.17) is 5.41 Å². The number of hydrogen-bond donors (Lipinski definition) is 2. The van der Waals surface area contributed by atoms with Crippen LogP contribution in [0.25, 0.3) is 16.7 Å². The predicted octanol–water partition coefficient (Wildman–Crippen LogP) is 5.19. The fraction of sp³-hybridized carbons (Fsp3) is 0.375. The third kappa shape index (κ3) is 3.55. The van der Waals surface area contributed by atoms with E-state index >= 15 is 4.39 Å². The first-order valence-corrected chi connectivity index (χ1v) is 11.1. The third-order valence-corrected chi connectivity index (χ3v) is 6.97. The molecule has 184 valence electrons. The van der Waals surface area contributed by atoms with E-state index in [0.717, 1.165) is 22.0 Å². The molecule has 1 aliphatic heterocycles. The number of benzene rings is 2. The van der Waals surface area contributed by atoms with Gasteiger partial charge in [-0.3, -0.25) is 19.7 Å². The van der Waals surface area contributed by atoms with Gasteiger partial charge < -0.3 is 5.32 Å². The summed E-state index contributed by atoms with van der Waals surface area (Å²) < 4.78 is 73.8. The molecule has 1 amide bonds. The molecule has 1 atom stereocenters. The van der Waals surface area contributed by atoms with E-state index in [0.29, 0.717) is 12.8 Å². The van der Waals surface area contributed by atoms with Crippen LogP contribution in [0.3, 0.4) is 0 Å². The lowest BCUT2D eigenvalue weighted by Crippen LogP contribution is -2.58. The molecule has 1 aliphatic carbocycles. The van der Waals surface area contributed by atoms with E-state index in [1.807, 2.05) is 0 Å². The Morgan fingerprint density at radius 1 is 1.17 bits per heavy atom. The van der Waals surface area contributed by atoms with Gasteiger partial charge in [0.2, 0.25) is 5.91 Å². The first-order chi connectivity index (χ1) is 16.4. The van der Waals surface area contributed by atoms with Gasteiger partial charge in [-0.05, 0) is 38.0 Å². The maximum atomic E-state index is 16.2. The number of hydrogen-bond acceptors (Lipinski definition) is 3. The van der Waals surface area contributed by atoms with Crippen molar-refractivity contribution in [2.24, 2.45) is 0 Å². The van der Waals surface area contributed by atoms with Gasteiger partial charge in [0.25, 0.3) is 0 Å². The second kappa shape index (κ2) is 7.76. The number of aromatic nitrogens is 2. The summed E-state index contributed by atoms with van der Waals surface area (Å²) >= 11 is 0. The van der Waals surface area contributed by atoms with E-state index in [1.54, 1.807) is 6.92 Å². The Hall–Kier alpha value is -3.50. The van der Waals surface area contributed by atoms with Crippen LogP contribution in [0.1, 0.15) is 55.5 Å². The average Bonchev–Trinajstić information content (AvgIpc) is 3.08. The Kier molecular flexibility index (Phi) is 5.15. The van der Waals surface area contributed by atoms with Crippen LogP contribution in [0.2, 0.25) is 0 Å². The number of rotatable bonds is 3. The molecule has 1 aromatic heterocycles. The second-order valence-corrected chi connectivity index (χ2v) is 9.30. The summed E-state index contributed by atoms with van der Waals surface area (Å²) in [6.45, 7) is 1.55. The number of halogens is 5. The fourth-order valence-corrected chi connectivity index (χ4v) is 4.83. The van der Waals surface area contributed by atoms with Gasteiger partial charge in [0, 0.05) is 18.5 Å². The van der Waals surface area contributed by atoms with Crippen LogP contribution in [0.15, 0.2) is 30.3 Å². The molecule has 11 heteroatoms. The maximum Gasteiger partial charge on any atom is 0.421 e. The monoisotopic (exact) mass is 491 g/mol. The highest BCUT2D eigenvalue weighted by molar-refractivity contribution is 5.99. The quantitative estimate of drug-likeness (QED) is 0.495. The molecule has 1 saturated heterocycles. The summed E-state index contributed by atoms with van der Waals surface area (Å²) in [6.07, 6.45) is -3.00. The normalized spacial score (nSPS) is 21.4. The van der Waals surface area contributed by atoms with Crippen LogP contribution in [-0.4, -0.2) is 33.4 Å². The van der Waals surface area contributed by atoms with Gasteiger partial charge in [-0.15, -0.1) is 0 Å². The maximum absolute atomic E-state index is 16.2. The molecule has 2 aromatic carbocycles. The van der Waals surface area contributed by atoms with Crippen molar-refractivity contribution in [3.63, 3.8) is 0 Å². The number of alkyl halides is 3. The molecule has 0 radical (unpaired) electrons. The Balaban J connectivity index is 1.78. The molecule has 2 N–H and O–H groups in total. The number of carbonyl (C=O) groups excluding carboxylic acids is 1. The zero-order chi connectivity index (χ0) is 25.3. The smallest absolute Gasteiger partial charge is 0.346 e. The van der Waals surface area contributed by atoms with Gasteiger partial charge in [0.1, 0.15) is 17.2 Å². The van der Waals surface area contributed by atoms with Crippen LogP contribution < -0.4 is 5.32 Å². The highest BCUT2D eigenvalue weighted by atomic mass is 19.4. The van der Waals surface area contributed by atoms with E-state index < -0.39 is 40.3 Å². The molecule has 3 aromatic rings. The number of guanidine groups is 1. The van der Waals surface area contributed by atoms with Gasteiger partial charge in [0.05, 0.1) is 28.7 Å². The van der Waals surface area contributed by atoms with Gasteiger partial charge in [-0.1, -0.05) is 18.6 Å². The molecule has 0 unspecified atom stereocenters. The molecule has 2 aliphatic rings. The summed E-state index contributed by atoms with van der Waals surface area (Å²) in [5.74, 6) is -2.93. The van der Waals surface area contributed by atoms with Crippen molar-refractivity contribution in [3.8, 4) is 5.69 Å². The number of imidazole rings is 1. The molecule has 0 bridgehead atoms. The van der Waals surface area contributed by atoms with Crippen molar-refractivity contribution < 1.29 is 26.7 Å². The number of nitrogens with one attached hydrogen (secondary N) is 2. The molecule has 5 rings (SSSR count). The Bertz CT molecular complexity index is 1360. The number of nitrogens with zero attached hydrogens (tertiary/aromatic N) is 3. The highest BCUT2D eigenvalue weighted by Gasteiger charge is 2.42. The third-order valence-electron chi connectivity index (χ3n) is 6.97. The fourth-order valence-electron chi connectivity index (χ4n) is 4.83. The van der Waals surface area contributed by atoms with Crippen molar-refractivity contribution in [2.45, 2.75) is 50.2 Å². The first-order valence-electron chi connectivity index (χ1n) is 11.1. The van der Waals surface area contributed by atoms with Crippen LogP contribution in [0.4, 0.5) is 22.0 Å². The van der Waals surface area contributed by atoms with Crippen molar-refractivity contribution in [1.29, 1.82) is 5.41 Å². The first kappa shape index (κ1) is 23.3. The molecular weight excluding hydrogens is 469 g/mol. The van der Waals surface area contributed by atoms with Crippen LogP contribution in [0, 0.1) is 17.0 Å². The van der Waals surface area contributed by atoms with Gasteiger partial charge in [0.15, 0.2) is 11.8 Å². The molecule has 0 spiro atoms. The highest BCUT2D eigenvalue weighted by Crippen LogP contribution is 2.44. The van der Waals surface area contributed by atoms with E-state index in [2.05, 4.69) is 10.3 Å². The Labute approximate surface area is 197 Å². The minimum Gasteiger partial charge on any atom is -0.346 e. The van der Waals surface area contributed by atoms with Crippen molar-refractivity contribution in [1.82, 2.24) is 19.8 Å². The van der Waals surface area contributed by atoms with E-state index in [1.165, 1.54) is 31.3 Å². The van der Waals surface area contributed by atoms with Gasteiger partial charge >= 0.3 is 6.18 Å². The SMILES string of the molecule is CN1C(=N)N[C@](C)(c2cccc(-n3c(C4CCC4)nc4ccc(F)c(C(F)(F)F)c43)c2F)CC1=O. The average molecular weight is 491 g/mol. The molecule has 1 saturated carbocycles. The van der Waals surface area contributed by atoms with Gasteiger partial charge in [-0.2, -0.15) is 13.2 Å². The van der Waals surface area contributed by atoms with E-state index in [-0.39, 0.29) is 40.9 Å². The number of amides is 1. The lowest BCUT2D eigenvalue weighted by atomic mass is 9.84. The molecule has 2 heterocycles. The summed E-state index contributed by atoms with van der Waals surface area (Å²) in [7, 11) is 1.42. The standard InChI is InChI=1S/C24H22F5N5O/c1-23(11-17(35)33(2)22(30)32-23)13-7-4-8-16(19(13)26)34-20-15(31-21(34)12-5-3-6-12)10-9-14(25)18(20)24(27,28)29/h4,7-10,12H,3,5-6,11H2,1-2H3,(H2,30,32)/t23-/m0/s1. The Morgan fingerprint density at radius 2 is 1.89 bits per heavy atom. The van der Waals surface area contributed by atoms with E-state index in [9.17, 15) is 22.4 Å². The molecule has 35 heavy (non-hydrogen) atoms. The van der Waals surface area contributed by atoms with Crippen LogP contribution in [0.5, 0.6) is 0 Å². The zero-order valence-electron chi connectivity index (χ0n) is 18.9. The second-order valence-electron chi connectivity index (χ2n) is 9.30. The van der Waals surface area contributed by atoms with Crippen molar-refractivity contribution >= 4 is 22.9 Å². The molecule has 6 nitrogen and oxygen atoms in total. The molecular formula is C24H22F5N5O.